The van der Waals surface area contributed by atoms with Gasteiger partial charge in [0.05, 0.1) is 0 Å². The van der Waals surface area contributed by atoms with Crippen LogP contribution in [0.2, 0.25) is 0 Å². The third-order valence-electron chi connectivity index (χ3n) is 4.04. The lowest BCUT2D eigenvalue weighted by atomic mass is 9.97. The quantitative estimate of drug-likeness (QED) is 0.704. The van der Waals surface area contributed by atoms with Crippen molar-refractivity contribution in [3.8, 4) is 0 Å². The molecule has 1 aliphatic carbocycles. The Kier molecular flexibility index (Phi) is 3.97. The molecule has 2 fully saturated rings. The van der Waals surface area contributed by atoms with E-state index in [1.54, 1.807) is 0 Å². The molecule has 15 heavy (non-hydrogen) atoms. The van der Waals surface area contributed by atoms with Gasteiger partial charge < -0.3 is 5.11 Å². The molecule has 1 saturated heterocycles. The van der Waals surface area contributed by atoms with E-state index in [1.807, 2.05) is 0 Å². The summed E-state index contributed by atoms with van der Waals surface area (Å²) in [5.74, 6) is 1.04. The summed E-state index contributed by atoms with van der Waals surface area (Å²) in [5.41, 5.74) is 0.536. The average Bonchev–Trinajstić information content (AvgIpc) is 3.02. The zero-order valence-electron chi connectivity index (χ0n) is 9.49. The second-order valence-electron chi connectivity index (χ2n) is 5.29. The summed E-state index contributed by atoms with van der Waals surface area (Å²) in [6.45, 7) is 2.80. The number of nitrogens with zero attached hydrogens (tertiary/aromatic N) is 1. The van der Waals surface area contributed by atoms with Crippen LogP contribution >= 0.6 is 12.6 Å². The van der Waals surface area contributed by atoms with Gasteiger partial charge >= 0.3 is 0 Å². The van der Waals surface area contributed by atoms with Gasteiger partial charge in [0.15, 0.2) is 0 Å². The van der Waals surface area contributed by atoms with Crippen LogP contribution in [-0.4, -0.2) is 41.5 Å². The van der Waals surface area contributed by atoms with Crippen LogP contribution in [0, 0.1) is 5.41 Å². The summed E-state index contributed by atoms with van der Waals surface area (Å²) >= 11 is 4.47. The highest BCUT2D eigenvalue weighted by atomic mass is 32.1. The van der Waals surface area contributed by atoms with E-state index in [1.165, 1.54) is 45.2 Å². The molecule has 1 heterocycles. The van der Waals surface area contributed by atoms with Crippen molar-refractivity contribution >= 4 is 12.6 Å². The molecule has 2 nitrogen and oxygen atoms in total. The van der Waals surface area contributed by atoms with Crippen molar-refractivity contribution in [2.45, 2.75) is 44.6 Å². The smallest absolute Gasteiger partial charge is 0.0445 e. The fourth-order valence-electron chi connectivity index (χ4n) is 2.72. The van der Waals surface area contributed by atoms with E-state index in [0.29, 0.717) is 18.1 Å². The van der Waals surface area contributed by atoms with E-state index in [2.05, 4.69) is 17.5 Å². The molecule has 0 amide bonds. The van der Waals surface area contributed by atoms with Crippen LogP contribution in [0.15, 0.2) is 0 Å². The molecule has 1 atom stereocenters. The Bertz CT molecular complexity index is 204. The largest absolute Gasteiger partial charge is 0.396 e. The molecule has 0 bridgehead atoms. The molecule has 2 aliphatic rings. The van der Waals surface area contributed by atoms with Crippen molar-refractivity contribution in [3.05, 3.63) is 0 Å². The van der Waals surface area contributed by atoms with E-state index in [9.17, 15) is 0 Å². The molecule has 1 unspecified atom stereocenters. The fourth-order valence-corrected chi connectivity index (χ4v) is 3.13. The van der Waals surface area contributed by atoms with Gasteiger partial charge in [0.1, 0.15) is 0 Å². The minimum Gasteiger partial charge on any atom is -0.396 e. The van der Waals surface area contributed by atoms with Gasteiger partial charge in [-0.3, -0.25) is 4.90 Å². The normalized spacial score (nSPS) is 30.4. The van der Waals surface area contributed by atoms with Crippen molar-refractivity contribution in [1.29, 1.82) is 0 Å². The van der Waals surface area contributed by atoms with Gasteiger partial charge in [-0.2, -0.15) is 12.6 Å². The van der Waals surface area contributed by atoms with E-state index < -0.39 is 0 Å². The predicted molar refractivity (Wildman–Crippen MR) is 66.4 cm³/mol. The topological polar surface area (TPSA) is 23.5 Å². The summed E-state index contributed by atoms with van der Waals surface area (Å²) in [6, 6.07) is 0.640. The summed E-state index contributed by atoms with van der Waals surface area (Å²) in [4.78, 5) is 2.61. The molecule has 0 aromatic rings. The van der Waals surface area contributed by atoms with Crippen LogP contribution in [-0.2, 0) is 0 Å². The summed E-state index contributed by atoms with van der Waals surface area (Å²) in [7, 11) is 0. The molecular formula is C12H23NOS. The van der Waals surface area contributed by atoms with Gasteiger partial charge in [-0.25, -0.2) is 0 Å². The van der Waals surface area contributed by atoms with Crippen molar-refractivity contribution in [2.75, 3.05) is 25.4 Å². The zero-order valence-corrected chi connectivity index (χ0v) is 10.4. The first kappa shape index (κ1) is 11.7. The Morgan fingerprint density at radius 3 is 2.73 bits per heavy atom. The maximum atomic E-state index is 9.07. The number of thiol groups is 1. The van der Waals surface area contributed by atoms with E-state index in [-0.39, 0.29) is 0 Å². The van der Waals surface area contributed by atoms with Gasteiger partial charge in [-0.1, -0.05) is 6.42 Å². The molecule has 0 aromatic heterocycles. The van der Waals surface area contributed by atoms with E-state index >= 15 is 0 Å². The molecule has 1 N–H and O–H groups in total. The maximum absolute atomic E-state index is 9.07. The van der Waals surface area contributed by atoms with Gasteiger partial charge in [0.25, 0.3) is 0 Å². The van der Waals surface area contributed by atoms with Crippen LogP contribution in [0.3, 0.4) is 0 Å². The minimum absolute atomic E-state index is 0.342. The lowest BCUT2D eigenvalue weighted by Gasteiger charge is -2.37. The van der Waals surface area contributed by atoms with Crippen LogP contribution in [0.5, 0.6) is 0 Å². The van der Waals surface area contributed by atoms with Crippen LogP contribution < -0.4 is 0 Å². The maximum Gasteiger partial charge on any atom is 0.0445 e. The number of aliphatic hydroxyl groups excluding tert-OH is 1. The Morgan fingerprint density at radius 1 is 1.33 bits per heavy atom. The Morgan fingerprint density at radius 2 is 2.13 bits per heavy atom. The predicted octanol–water partition coefficient (Wildman–Crippen LogP) is 1.93. The molecule has 0 radical (unpaired) electrons. The first-order valence-electron chi connectivity index (χ1n) is 6.25. The Balaban J connectivity index is 1.87. The van der Waals surface area contributed by atoms with Crippen LogP contribution in [0.1, 0.15) is 38.5 Å². The molecule has 88 valence electrons. The third-order valence-corrected chi connectivity index (χ3v) is 4.71. The number of likely N-dealkylation sites (tertiary alicyclic amines) is 1. The second-order valence-corrected chi connectivity index (χ2v) is 5.61. The van der Waals surface area contributed by atoms with Crippen LogP contribution in [0.4, 0.5) is 0 Å². The van der Waals surface area contributed by atoms with Crippen molar-refractivity contribution in [1.82, 2.24) is 4.90 Å². The fraction of sp³-hybridized carbons (Fsp3) is 1.00. The number of aliphatic hydroxyl groups is 1. The highest BCUT2D eigenvalue weighted by Gasteiger charge is 2.43. The molecule has 2 rings (SSSR count). The number of rotatable bonds is 5. The number of hydrogen-bond donors (Lipinski definition) is 2. The average molecular weight is 229 g/mol. The van der Waals surface area contributed by atoms with Gasteiger partial charge in [-0.15, -0.1) is 0 Å². The van der Waals surface area contributed by atoms with E-state index in [0.717, 1.165) is 12.2 Å². The molecule has 3 heteroatoms. The summed E-state index contributed by atoms with van der Waals surface area (Å²) < 4.78 is 0. The molecule has 1 aliphatic heterocycles. The van der Waals surface area contributed by atoms with Gasteiger partial charge in [0, 0.05) is 19.2 Å². The first-order chi connectivity index (χ1) is 7.29. The molecule has 0 spiro atoms. The summed E-state index contributed by atoms with van der Waals surface area (Å²) in [5, 5.41) is 9.07. The minimum atomic E-state index is 0.342. The van der Waals surface area contributed by atoms with Crippen molar-refractivity contribution in [3.63, 3.8) is 0 Å². The zero-order chi connectivity index (χ0) is 10.7. The Hall–Kier alpha value is 0.270. The monoisotopic (exact) mass is 229 g/mol. The molecule has 1 saturated carbocycles. The first-order valence-corrected chi connectivity index (χ1v) is 6.89. The highest BCUT2D eigenvalue weighted by Crippen LogP contribution is 2.47. The van der Waals surface area contributed by atoms with Crippen molar-refractivity contribution in [2.24, 2.45) is 5.41 Å². The lowest BCUT2D eigenvalue weighted by Crippen LogP contribution is -2.43. The SMILES string of the molecule is OCCC1CCCCN1CC1(CS)CC1. The highest BCUT2D eigenvalue weighted by molar-refractivity contribution is 7.80. The standard InChI is InChI=1S/C12H23NOS/c14-8-4-11-3-1-2-7-13(11)9-12(10-15)5-6-12/h11,14-15H,1-10H2. The second kappa shape index (κ2) is 5.07. The van der Waals surface area contributed by atoms with Crippen molar-refractivity contribution < 1.29 is 5.11 Å². The van der Waals surface area contributed by atoms with Gasteiger partial charge in [0.2, 0.25) is 0 Å². The molecular weight excluding hydrogens is 206 g/mol. The lowest BCUT2D eigenvalue weighted by molar-refractivity contribution is 0.101. The Labute approximate surface area is 98.5 Å². The third kappa shape index (κ3) is 2.89. The summed E-state index contributed by atoms with van der Waals surface area (Å²) in [6.07, 6.45) is 7.64. The molecule has 0 aromatic carbocycles. The number of piperidine rings is 1. The van der Waals surface area contributed by atoms with E-state index in [4.69, 9.17) is 5.11 Å². The van der Waals surface area contributed by atoms with Crippen LogP contribution in [0.25, 0.3) is 0 Å². The van der Waals surface area contributed by atoms with Gasteiger partial charge in [-0.05, 0) is 49.8 Å². The number of hydrogen-bond acceptors (Lipinski definition) is 3.